The normalized spacial score (nSPS) is 15.5. The van der Waals surface area contributed by atoms with E-state index >= 15 is 0 Å². The van der Waals surface area contributed by atoms with Crippen molar-refractivity contribution in [1.82, 2.24) is 9.97 Å². The van der Waals surface area contributed by atoms with Crippen LogP contribution in [0, 0.1) is 6.92 Å². The third-order valence-corrected chi connectivity index (χ3v) is 3.03. The number of aryl methyl sites for hydroxylation is 1. The van der Waals surface area contributed by atoms with Crippen molar-refractivity contribution in [1.29, 1.82) is 0 Å². The van der Waals surface area contributed by atoms with Crippen LogP contribution in [0.1, 0.15) is 17.1 Å². The second-order valence-electron chi connectivity index (χ2n) is 4.35. The van der Waals surface area contributed by atoms with E-state index in [1.54, 1.807) is 19.4 Å². The summed E-state index contributed by atoms with van der Waals surface area (Å²) in [5.74, 6) is 1.42. The zero-order valence-electron chi connectivity index (χ0n) is 10.7. The van der Waals surface area contributed by atoms with Crippen LogP contribution >= 0.6 is 0 Å². The van der Waals surface area contributed by atoms with Gasteiger partial charge in [0.25, 0.3) is 5.91 Å². The molecule has 1 aromatic carbocycles. The highest BCUT2D eigenvalue weighted by Gasteiger charge is 2.24. The first-order chi connectivity index (χ1) is 9.17. The molecule has 0 spiro atoms. The maximum atomic E-state index is 12.0. The third-order valence-electron chi connectivity index (χ3n) is 3.03. The number of benzene rings is 1. The lowest BCUT2D eigenvalue weighted by atomic mass is 10.1. The number of amides is 1. The zero-order chi connectivity index (χ0) is 13.4. The van der Waals surface area contributed by atoms with Crippen molar-refractivity contribution >= 4 is 23.2 Å². The van der Waals surface area contributed by atoms with Crippen molar-refractivity contribution in [2.24, 2.45) is 0 Å². The van der Waals surface area contributed by atoms with Crippen molar-refractivity contribution in [3.05, 3.63) is 41.5 Å². The van der Waals surface area contributed by atoms with Crippen LogP contribution in [0.4, 0.5) is 5.69 Å². The predicted molar refractivity (Wildman–Crippen MR) is 72.8 cm³/mol. The lowest BCUT2D eigenvalue weighted by Crippen LogP contribution is -2.03. The number of carbonyl (C=O) groups is 1. The van der Waals surface area contributed by atoms with Gasteiger partial charge in [0.1, 0.15) is 11.6 Å². The molecule has 0 fully saturated rings. The van der Waals surface area contributed by atoms with E-state index in [-0.39, 0.29) is 5.91 Å². The van der Waals surface area contributed by atoms with Crippen LogP contribution < -0.4 is 10.1 Å². The standard InChI is InChI=1S/C14H13N3O2/c1-8-15-7-9(16-8)5-12-11-6-10(19-2)3-4-13(11)17-14(12)18/h3-7H,1-2H3,(H,15,16)(H,17,18). The first kappa shape index (κ1) is 11.5. The molecular formula is C14H13N3O2. The van der Waals surface area contributed by atoms with E-state index in [0.717, 1.165) is 28.5 Å². The average Bonchev–Trinajstić information content (AvgIpc) is 2.94. The lowest BCUT2D eigenvalue weighted by Gasteiger charge is -2.02. The van der Waals surface area contributed by atoms with Gasteiger partial charge in [0.2, 0.25) is 0 Å². The van der Waals surface area contributed by atoms with Gasteiger partial charge in [0, 0.05) is 11.3 Å². The highest BCUT2D eigenvalue weighted by Crippen LogP contribution is 2.35. The number of carbonyl (C=O) groups excluding carboxylic acids is 1. The Morgan fingerprint density at radius 2 is 2.21 bits per heavy atom. The molecule has 96 valence electrons. The molecule has 0 saturated carbocycles. The van der Waals surface area contributed by atoms with E-state index in [2.05, 4.69) is 15.3 Å². The molecule has 0 saturated heterocycles. The van der Waals surface area contributed by atoms with Crippen molar-refractivity contribution in [2.75, 3.05) is 12.4 Å². The predicted octanol–water partition coefficient (Wildman–Crippen LogP) is 2.22. The lowest BCUT2D eigenvalue weighted by molar-refractivity contribution is -0.110. The largest absolute Gasteiger partial charge is 0.497 e. The second kappa shape index (κ2) is 4.28. The SMILES string of the molecule is COc1ccc2c(c1)C(=Cc1cnc(C)[nH]1)C(=O)N2. The molecule has 1 aliphatic heterocycles. The molecule has 2 aromatic rings. The Balaban J connectivity index is 2.08. The Morgan fingerprint density at radius 3 is 2.89 bits per heavy atom. The summed E-state index contributed by atoms with van der Waals surface area (Å²) in [6.45, 7) is 1.87. The van der Waals surface area contributed by atoms with E-state index < -0.39 is 0 Å². The molecule has 1 aliphatic rings. The molecule has 19 heavy (non-hydrogen) atoms. The molecule has 5 nitrogen and oxygen atoms in total. The molecule has 0 aliphatic carbocycles. The molecule has 2 N–H and O–H groups in total. The number of aromatic nitrogens is 2. The van der Waals surface area contributed by atoms with Gasteiger partial charge in [0.05, 0.1) is 24.6 Å². The number of nitrogens with zero attached hydrogens (tertiary/aromatic N) is 1. The van der Waals surface area contributed by atoms with Crippen molar-refractivity contribution in [3.8, 4) is 5.75 Å². The number of hydrogen-bond donors (Lipinski definition) is 2. The molecule has 2 heterocycles. The van der Waals surface area contributed by atoms with Gasteiger partial charge in [-0.25, -0.2) is 4.98 Å². The van der Waals surface area contributed by atoms with Gasteiger partial charge in [-0.05, 0) is 31.2 Å². The number of nitrogens with one attached hydrogen (secondary N) is 2. The van der Waals surface area contributed by atoms with E-state index in [4.69, 9.17) is 4.74 Å². The van der Waals surface area contributed by atoms with E-state index in [1.807, 2.05) is 25.1 Å². The summed E-state index contributed by atoms with van der Waals surface area (Å²) in [7, 11) is 1.60. The smallest absolute Gasteiger partial charge is 0.256 e. The van der Waals surface area contributed by atoms with Crippen LogP contribution in [0.15, 0.2) is 24.4 Å². The Hall–Kier alpha value is -2.56. The van der Waals surface area contributed by atoms with Gasteiger partial charge in [-0.3, -0.25) is 4.79 Å². The number of imidazole rings is 1. The Labute approximate surface area is 110 Å². The van der Waals surface area contributed by atoms with Gasteiger partial charge in [-0.15, -0.1) is 0 Å². The number of fused-ring (bicyclic) bond motifs is 1. The van der Waals surface area contributed by atoms with Gasteiger partial charge in [-0.2, -0.15) is 0 Å². The van der Waals surface area contributed by atoms with Crippen LogP contribution in [-0.4, -0.2) is 23.0 Å². The second-order valence-corrected chi connectivity index (χ2v) is 4.35. The Morgan fingerprint density at radius 1 is 1.37 bits per heavy atom. The van der Waals surface area contributed by atoms with E-state index in [1.165, 1.54) is 0 Å². The molecule has 1 amide bonds. The first-order valence-corrected chi connectivity index (χ1v) is 5.90. The number of anilines is 1. The maximum absolute atomic E-state index is 12.0. The number of ether oxygens (including phenoxy) is 1. The fourth-order valence-corrected chi connectivity index (χ4v) is 2.11. The molecule has 0 unspecified atom stereocenters. The van der Waals surface area contributed by atoms with Crippen LogP contribution in [0.5, 0.6) is 5.75 Å². The summed E-state index contributed by atoms with van der Waals surface area (Å²) in [6.07, 6.45) is 3.49. The zero-order valence-corrected chi connectivity index (χ0v) is 10.7. The number of rotatable bonds is 2. The van der Waals surface area contributed by atoms with Crippen LogP contribution in [0.3, 0.4) is 0 Å². The Kier molecular flexibility index (Phi) is 2.59. The fraction of sp³-hybridized carbons (Fsp3) is 0.143. The molecule has 3 rings (SSSR count). The summed E-state index contributed by atoms with van der Waals surface area (Å²) < 4.78 is 5.19. The summed E-state index contributed by atoms with van der Waals surface area (Å²) >= 11 is 0. The van der Waals surface area contributed by atoms with Crippen molar-refractivity contribution in [3.63, 3.8) is 0 Å². The average molecular weight is 255 g/mol. The molecular weight excluding hydrogens is 242 g/mol. The van der Waals surface area contributed by atoms with Crippen LogP contribution in [0.2, 0.25) is 0 Å². The van der Waals surface area contributed by atoms with E-state index in [0.29, 0.717) is 5.57 Å². The summed E-state index contributed by atoms with van der Waals surface area (Å²) in [5, 5.41) is 2.83. The summed E-state index contributed by atoms with van der Waals surface area (Å²) in [6, 6.07) is 5.51. The Bertz CT molecular complexity index is 686. The highest BCUT2D eigenvalue weighted by atomic mass is 16.5. The number of hydrogen-bond acceptors (Lipinski definition) is 3. The molecule has 1 aromatic heterocycles. The number of methoxy groups -OCH3 is 1. The van der Waals surface area contributed by atoms with Gasteiger partial charge >= 0.3 is 0 Å². The third kappa shape index (κ3) is 1.99. The van der Waals surface area contributed by atoms with Gasteiger partial charge < -0.3 is 15.0 Å². The first-order valence-electron chi connectivity index (χ1n) is 5.90. The fourth-order valence-electron chi connectivity index (χ4n) is 2.11. The summed E-state index contributed by atoms with van der Waals surface area (Å²) in [5.41, 5.74) is 3.06. The van der Waals surface area contributed by atoms with Crippen LogP contribution in [-0.2, 0) is 4.79 Å². The van der Waals surface area contributed by atoms with E-state index in [9.17, 15) is 4.79 Å². The molecule has 5 heteroatoms. The number of aromatic amines is 1. The quantitative estimate of drug-likeness (QED) is 0.808. The maximum Gasteiger partial charge on any atom is 0.256 e. The minimum Gasteiger partial charge on any atom is -0.497 e. The van der Waals surface area contributed by atoms with Crippen LogP contribution in [0.25, 0.3) is 11.6 Å². The molecule has 0 radical (unpaired) electrons. The van der Waals surface area contributed by atoms with Crippen molar-refractivity contribution < 1.29 is 9.53 Å². The van der Waals surface area contributed by atoms with Gasteiger partial charge in [-0.1, -0.05) is 0 Å². The topological polar surface area (TPSA) is 67.0 Å². The summed E-state index contributed by atoms with van der Waals surface area (Å²) in [4.78, 5) is 19.2. The molecule has 0 bridgehead atoms. The minimum atomic E-state index is -0.115. The minimum absolute atomic E-state index is 0.115. The molecule has 0 atom stereocenters. The monoisotopic (exact) mass is 255 g/mol. The highest BCUT2D eigenvalue weighted by molar-refractivity contribution is 6.34. The number of H-pyrrole nitrogens is 1. The van der Waals surface area contributed by atoms with Crippen molar-refractivity contribution in [2.45, 2.75) is 6.92 Å². The van der Waals surface area contributed by atoms with Gasteiger partial charge in [0.15, 0.2) is 0 Å².